The van der Waals surface area contributed by atoms with Gasteiger partial charge in [0.15, 0.2) is 17.7 Å². The van der Waals surface area contributed by atoms with Gasteiger partial charge in [-0.25, -0.2) is 0 Å². The minimum absolute atomic E-state index is 0.00562. The summed E-state index contributed by atoms with van der Waals surface area (Å²) >= 11 is 0. The standard InChI is InChI=1S/C35H64N2O6/c1-6-7-8-9-10-11-12-13-14-15-16-17-18-19-20-23-29(38)31(28-22-21-25-36-28)42-30(39)24-26-37-33(40)32-34(2,3)27-41-35(4,5)43-32/h28,31-32,36H,6-27H2,1-5H3,(H,37,40)/t28?,31-,32?/m0/s1. The highest BCUT2D eigenvalue weighted by Gasteiger charge is 2.45. The minimum Gasteiger partial charge on any atom is -0.453 e. The van der Waals surface area contributed by atoms with Crippen molar-refractivity contribution in [3.8, 4) is 0 Å². The van der Waals surface area contributed by atoms with Gasteiger partial charge in [-0.2, -0.15) is 0 Å². The first-order valence-electron chi connectivity index (χ1n) is 17.6. The summed E-state index contributed by atoms with van der Waals surface area (Å²) in [6.45, 7) is 11.0. The van der Waals surface area contributed by atoms with Crippen LogP contribution in [-0.2, 0) is 28.6 Å². The number of hydrogen-bond acceptors (Lipinski definition) is 7. The van der Waals surface area contributed by atoms with E-state index in [1.807, 2.05) is 13.8 Å². The van der Waals surface area contributed by atoms with Crippen LogP contribution in [0.1, 0.15) is 157 Å². The number of esters is 1. The van der Waals surface area contributed by atoms with Crippen molar-refractivity contribution in [2.75, 3.05) is 19.7 Å². The maximum atomic E-state index is 13.1. The molecule has 3 atom stereocenters. The number of unbranched alkanes of at least 4 members (excludes halogenated alkanes) is 14. The lowest BCUT2D eigenvalue weighted by molar-refractivity contribution is -0.304. The maximum Gasteiger partial charge on any atom is 0.308 e. The van der Waals surface area contributed by atoms with Crippen molar-refractivity contribution in [3.05, 3.63) is 0 Å². The molecule has 2 heterocycles. The highest BCUT2D eigenvalue weighted by molar-refractivity contribution is 5.86. The van der Waals surface area contributed by atoms with Crippen LogP contribution in [0.25, 0.3) is 0 Å². The smallest absolute Gasteiger partial charge is 0.308 e. The van der Waals surface area contributed by atoms with Crippen LogP contribution in [0.4, 0.5) is 0 Å². The van der Waals surface area contributed by atoms with Crippen LogP contribution in [0.2, 0.25) is 0 Å². The summed E-state index contributed by atoms with van der Waals surface area (Å²) in [5, 5.41) is 6.15. The van der Waals surface area contributed by atoms with Crippen LogP contribution in [0.5, 0.6) is 0 Å². The Balaban J connectivity index is 1.60. The average molecular weight is 609 g/mol. The van der Waals surface area contributed by atoms with Crippen molar-refractivity contribution in [1.29, 1.82) is 0 Å². The fraction of sp³-hybridized carbons (Fsp3) is 0.914. The normalized spacial score (nSPS) is 21.8. The number of Topliss-reactive ketones (excluding diaryl/α,β-unsaturated/α-hetero) is 1. The Morgan fingerprint density at radius 3 is 1.93 bits per heavy atom. The fourth-order valence-corrected chi connectivity index (χ4v) is 6.06. The highest BCUT2D eigenvalue weighted by Crippen LogP contribution is 2.34. The first kappa shape index (κ1) is 37.7. The Morgan fingerprint density at radius 1 is 0.837 bits per heavy atom. The van der Waals surface area contributed by atoms with Gasteiger partial charge in [0.05, 0.1) is 19.1 Å². The zero-order valence-corrected chi connectivity index (χ0v) is 28.2. The Hall–Kier alpha value is -1.51. The monoisotopic (exact) mass is 608 g/mol. The molecule has 8 nitrogen and oxygen atoms in total. The second-order valence-corrected chi connectivity index (χ2v) is 14.0. The molecule has 0 aliphatic carbocycles. The molecule has 250 valence electrons. The van der Waals surface area contributed by atoms with Gasteiger partial charge in [0.2, 0.25) is 5.91 Å². The lowest BCUT2D eigenvalue weighted by Crippen LogP contribution is -2.56. The Morgan fingerprint density at radius 2 is 1.40 bits per heavy atom. The van der Waals surface area contributed by atoms with Gasteiger partial charge in [-0.3, -0.25) is 14.4 Å². The predicted molar refractivity (Wildman–Crippen MR) is 172 cm³/mol. The van der Waals surface area contributed by atoms with Crippen molar-refractivity contribution in [2.24, 2.45) is 5.41 Å². The number of amides is 1. The SMILES string of the molecule is CCCCCCCCCCCCCCCCCC(=O)[C@@H](OC(=O)CCNC(=O)C1OC(C)(C)OCC1(C)C)C1CCCN1. The van der Waals surface area contributed by atoms with Gasteiger partial charge in [-0.15, -0.1) is 0 Å². The van der Waals surface area contributed by atoms with E-state index in [1.165, 1.54) is 77.0 Å². The summed E-state index contributed by atoms with van der Waals surface area (Å²) in [6.07, 6.45) is 20.1. The molecule has 0 saturated carbocycles. The molecule has 2 saturated heterocycles. The fourth-order valence-electron chi connectivity index (χ4n) is 6.06. The van der Waals surface area contributed by atoms with E-state index in [0.717, 1.165) is 38.6 Å². The third-order valence-electron chi connectivity index (χ3n) is 8.84. The average Bonchev–Trinajstić information content (AvgIpc) is 3.50. The van der Waals surface area contributed by atoms with Crippen molar-refractivity contribution >= 4 is 17.7 Å². The van der Waals surface area contributed by atoms with E-state index in [1.54, 1.807) is 13.8 Å². The topological polar surface area (TPSA) is 103 Å². The van der Waals surface area contributed by atoms with Gasteiger partial charge >= 0.3 is 5.97 Å². The van der Waals surface area contributed by atoms with Crippen molar-refractivity contribution < 1.29 is 28.6 Å². The van der Waals surface area contributed by atoms with Crippen LogP contribution >= 0.6 is 0 Å². The highest BCUT2D eigenvalue weighted by atomic mass is 16.7. The Kier molecular flexibility index (Phi) is 18.0. The molecule has 2 fully saturated rings. The zero-order chi connectivity index (χ0) is 31.6. The van der Waals surface area contributed by atoms with E-state index in [9.17, 15) is 14.4 Å². The second kappa shape index (κ2) is 20.5. The van der Waals surface area contributed by atoms with Crippen molar-refractivity contribution in [3.63, 3.8) is 0 Å². The zero-order valence-electron chi connectivity index (χ0n) is 28.2. The van der Waals surface area contributed by atoms with Crippen LogP contribution in [0, 0.1) is 5.41 Å². The number of ketones is 1. The maximum absolute atomic E-state index is 13.1. The summed E-state index contributed by atoms with van der Waals surface area (Å²) in [7, 11) is 0. The molecule has 2 aliphatic heterocycles. The van der Waals surface area contributed by atoms with Crippen LogP contribution in [-0.4, -0.2) is 61.4 Å². The number of ether oxygens (including phenoxy) is 3. The van der Waals surface area contributed by atoms with Gasteiger partial charge in [0.1, 0.15) is 6.10 Å². The molecule has 2 rings (SSSR count). The summed E-state index contributed by atoms with van der Waals surface area (Å²) in [5.41, 5.74) is -0.487. The summed E-state index contributed by atoms with van der Waals surface area (Å²) in [6, 6.07) is -0.124. The second-order valence-electron chi connectivity index (χ2n) is 14.0. The Labute approximate surface area is 262 Å². The molecule has 0 aromatic heterocycles. The van der Waals surface area contributed by atoms with E-state index < -0.39 is 29.4 Å². The molecule has 0 aromatic rings. The number of hydrogen-bond donors (Lipinski definition) is 2. The van der Waals surface area contributed by atoms with Gasteiger partial charge in [0.25, 0.3) is 0 Å². The molecule has 0 radical (unpaired) electrons. The molecule has 2 aliphatic rings. The summed E-state index contributed by atoms with van der Waals surface area (Å²) in [5.74, 6) is -1.57. The van der Waals surface area contributed by atoms with Crippen molar-refractivity contribution in [2.45, 2.75) is 181 Å². The van der Waals surface area contributed by atoms with E-state index in [-0.39, 0.29) is 30.7 Å². The molecular weight excluding hydrogens is 544 g/mol. The third-order valence-corrected chi connectivity index (χ3v) is 8.84. The number of rotatable bonds is 23. The van der Waals surface area contributed by atoms with Gasteiger partial charge < -0.3 is 24.8 Å². The molecule has 0 bridgehead atoms. The first-order chi connectivity index (χ1) is 20.6. The first-order valence-corrected chi connectivity index (χ1v) is 17.6. The van der Waals surface area contributed by atoms with Gasteiger partial charge in [-0.05, 0) is 39.7 Å². The van der Waals surface area contributed by atoms with Crippen LogP contribution < -0.4 is 10.6 Å². The predicted octanol–water partition coefficient (Wildman–Crippen LogP) is 7.16. The van der Waals surface area contributed by atoms with E-state index in [0.29, 0.717) is 13.0 Å². The molecule has 0 spiro atoms. The lowest BCUT2D eigenvalue weighted by Gasteiger charge is -2.44. The molecule has 1 amide bonds. The molecule has 2 unspecified atom stereocenters. The summed E-state index contributed by atoms with van der Waals surface area (Å²) in [4.78, 5) is 38.7. The molecular formula is C35H64N2O6. The quantitative estimate of drug-likeness (QED) is 0.0937. The molecule has 2 N–H and O–H groups in total. The van der Waals surface area contributed by atoms with Gasteiger partial charge in [0, 0.05) is 18.4 Å². The minimum atomic E-state index is -0.842. The van der Waals surface area contributed by atoms with Crippen molar-refractivity contribution in [1.82, 2.24) is 10.6 Å². The molecule has 43 heavy (non-hydrogen) atoms. The molecule has 8 heteroatoms. The van der Waals surface area contributed by atoms with Gasteiger partial charge in [-0.1, -0.05) is 111 Å². The van der Waals surface area contributed by atoms with E-state index in [2.05, 4.69) is 17.6 Å². The van der Waals surface area contributed by atoms with Crippen LogP contribution in [0.3, 0.4) is 0 Å². The summed E-state index contributed by atoms with van der Waals surface area (Å²) < 4.78 is 17.3. The van der Waals surface area contributed by atoms with E-state index >= 15 is 0 Å². The number of carbonyl (C=O) groups excluding carboxylic acids is 3. The van der Waals surface area contributed by atoms with Crippen LogP contribution in [0.15, 0.2) is 0 Å². The third kappa shape index (κ3) is 15.4. The number of nitrogens with one attached hydrogen (secondary N) is 2. The molecule has 0 aromatic carbocycles. The number of carbonyl (C=O) groups is 3. The lowest BCUT2D eigenvalue weighted by atomic mass is 9.85. The largest absolute Gasteiger partial charge is 0.453 e. The Bertz CT molecular complexity index is 808. The van der Waals surface area contributed by atoms with E-state index in [4.69, 9.17) is 14.2 Å².